The fourth-order valence-electron chi connectivity index (χ4n) is 1.90. The standard InChI is InChI=1S/C15H22FNO2/c1-12(17(2)10-4-3-5-11-18)15(19)13-6-8-14(16)9-7-13/h6-9,12,18H,3-5,10-11H2,1-2H3. The third-order valence-corrected chi connectivity index (χ3v) is 3.34. The van der Waals surface area contributed by atoms with Crippen LogP contribution in [0.15, 0.2) is 24.3 Å². The summed E-state index contributed by atoms with van der Waals surface area (Å²) in [5.74, 6) is -0.328. The number of aliphatic hydroxyl groups excluding tert-OH is 1. The van der Waals surface area contributed by atoms with Crippen LogP contribution in [0.5, 0.6) is 0 Å². The fourth-order valence-corrected chi connectivity index (χ4v) is 1.90. The Bertz CT molecular complexity index is 392. The van der Waals surface area contributed by atoms with E-state index in [4.69, 9.17) is 5.11 Å². The Morgan fingerprint density at radius 2 is 1.89 bits per heavy atom. The average molecular weight is 267 g/mol. The largest absolute Gasteiger partial charge is 0.396 e. The van der Waals surface area contributed by atoms with Crippen molar-refractivity contribution in [2.45, 2.75) is 32.2 Å². The molecule has 1 atom stereocenters. The minimum atomic E-state index is -0.332. The summed E-state index contributed by atoms with van der Waals surface area (Å²) >= 11 is 0. The molecule has 0 amide bonds. The second kappa shape index (κ2) is 8.02. The lowest BCUT2D eigenvalue weighted by molar-refractivity contribution is 0.0866. The number of nitrogens with zero attached hydrogens (tertiary/aromatic N) is 1. The van der Waals surface area contributed by atoms with Crippen molar-refractivity contribution in [2.24, 2.45) is 0 Å². The minimum Gasteiger partial charge on any atom is -0.396 e. The van der Waals surface area contributed by atoms with Crippen LogP contribution in [0.25, 0.3) is 0 Å². The first-order valence-electron chi connectivity index (χ1n) is 6.67. The van der Waals surface area contributed by atoms with Gasteiger partial charge in [0.25, 0.3) is 0 Å². The Hall–Kier alpha value is -1.26. The molecule has 0 saturated heterocycles. The summed E-state index contributed by atoms with van der Waals surface area (Å²) in [5.41, 5.74) is 0.538. The first-order chi connectivity index (χ1) is 9.06. The molecule has 1 unspecified atom stereocenters. The van der Waals surface area contributed by atoms with Gasteiger partial charge in [-0.25, -0.2) is 4.39 Å². The van der Waals surface area contributed by atoms with Gasteiger partial charge in [0.2, 0.25) is 0 Å². The van der Waals surface area contributed by atoms with Gasteiger partial charge in [0.1, 0.15) is 5.82 Å². The van der Waals surface area contributed by atoms with Crippen molar-refractivity contribution in [3.05, 3.63) is 35.6 Å². The van der Waals surface area contributed by atoms with Gasteiger partial charge in [0.15, 0.2) is 5.78 Å². The van der Waals surface area contributed by atoms with E-state index >= 15 is 0 Å². The number of rotatable bonds is 8. The normalized spacial score (nSPS) is 12.7. The molecule has 0 spiro atoms. The van der Waals surface area contributed by atoms with Crippen molar-refractivity contribution in [1.82, 2.24) is 4.90 Å². The first kappa shape index (κ1) is 15.8. The van der Waals surface area contributed by atoms with E-state index in [-0.39, 0.29) is 24.2 Å². The van der Waals surface area contributed by atoms with Gasteiger partial charge >= 0.3 is 0 Å². The molecule has 0 aliphatic carbocycles. The van der Waals surface area contributed by atoms with Gasteiger partial charge in [0.05, 0.1) is 6.04 Å². The van der Waals surface area contributed by atoms with Gasteiger partial charge in [-0.1, -0.05) is 0 Å². The third-order valence-electron chi connectivity index (χ3n) is 3.34. The first-order valence-corrected chi connectivity index (χ1v) is 6.67. The topological polar surface area (TPSA) is 40.5 Å². The van der Waals surface area contributed by atoms with Gasteiger partial charge in [0, 0.05) is 12.2 Å². The van der Waals surface area contributed by atoms with Crippen LogP contribution in [0.4, 0.5) is 4.39 Å². The maximum absolute atomic E-state index is 12.8. The quantitative estimate of drug-likeness (QED) is 0.581. The number of Topliss-reactive ketones (excluding diaryl/α,β-unsaturated/α-hetero) is 1. The number of hydrogen-bond acceptors (Lipinski definition) is 3. The predicted molar refractivity (Wildman–Crippen MR) is 73.8 cm³/mol. The van der Waals surface area contributed by atoms with Crippen LogP contribution < -0.4 is 0 Å². The van der Waals surface area contributed by atoms with Crippen molar-refractivity contribution in [1.29, 1.82) is 0 Å². The minimum absolute atomic E-state index is 0.00431. The second-order valence-corrected chi connectivity index (χ2v) is 4.81. The zero-order valence-electron chi connectivity index (χ0n) is 11.6. The van der Waals surface area contributed by atoms with E-state index in [2.05, 4.69) is 0 Å². The van der Waals surface area contributed by atoms with Crippen LogP contribution in [0, 0.1) is 5.82 Å². The van der Waals surface area contributed by atoms with E-state index in [0.717, 1.165) is 25.8 Å². The van der Waals surface area contributed by atoms with E-state index in [1.165, 1.54) is 24.3 Å². The monoisotopic (exact) mass is 267 g/mol. The van der Waals surface area contributed by atoms with Crippen molar-refractivity contribution < 1.29 is 14.3 Å². The molecule has 0 radical (unpaired) electrons. The SMILES string of the molecule is CC(C(=O)c1ccc(F)cc1)N(C)CCCCCO. The van der Waals surface area contributed by atoms with Crippen molar-refractivity contribution >= 4 is 5.78 Å². The van der Waals surface area contributed by atoms with E-state index < -0.39 is 0 Å². The average Bonchev–Trinajstić information content (AvgIpc) is 2.42. The molecule has 0 aliphatic rings. The lowest BCUT2D eigenvalue weighted by Gasteiger charge is -2.23. The van der Waals surface area contributed by atoms with Crippen LogP contribution in [0.3, 0.4) is 0 Å². The van der Waals surface area contributed by atoms with Crippen molar-refractivity contribution in [3.63, 3.8) is 0 Å². The number of unbranched alkanes of at least 4 members (excludes halogenated alkanes) is 2. The molecule has 4 heteroatoms. The molecule has 0 aliphatic heterocycles. The number of carbonyl (C=O) groups excluding carboxylic acids is 1. The summed E-state index contributed by atoms with van der Waals surface area (Å²) in [4.78, 5) is 14.2. The Kier molecular flexibility index (Phi) is 6.67. The Labute approximate surface area is 114 Å². The zero-order valence-corrected chi connectivity index (χ0v) is 11.6. The molecule has 0 heterocycles. The fraction of sp³-hybridized carbons (Fsp3) is 0.533. The number of likely N-dealkylation sites (N-methyl/N-ethyl adjacent to an activating group) is 1. The second-order valence-electron chi connectivity index (χ2n) is 4.81. The third kappa shape index (κ3) is 5.09. The highest BCUT2D eigenvalue weighted by atomic mass is 19.1. The molecular weight excluding hydrogens is 245 g/mol. The highest BCUT2D eigenvalue weighted by Crippen LogP contribution is 2.10. The lowest BCUT2D eigenvalue weighted by Crippen LogP contribution is -2.36. The number of aliphatic hydroxyl groups is 1. The van der Waals surface area contributed by atoms with Gasteiger partial charge in [-0.2, -0.15) is 0 Å². The van der Waals surface area contributed by atoms with Gasteiger partial charge in [-0.3, -0.25) is 9.69 Å². The summed E-state index contributed by atoms with van der Waals surface area (Å²) < 4.78 is 12.8. The molecule has 0 saturated carbocycles. The van der Waals surface area contributed by atoms with Gasteiger partial charge in [-0.05, 0) is 64.0 Å². The van der Waals surface area contributed by atoms with Gasteiger partial charge in [-0.15, -0.1) is 0 Å². The van der Waals surface area contributed by atoms with Gasteiger partial charge < -0.3 is 5.11 Å². The molecule has 3 nitrogen and oxygen atoms in total. The molecule has 0 bridgehead atoms. The summed E-state index contributed by atoms with van der Waals surface area (Å²) in [6.07, 6.45) is 2.71. The van der Waals surface area contributed by atoms with Crippen LogP contribution in [-0.2, 0) is 0 Å². The molecule has 0 fully saturated rings. The number of ketones is 1. The highest BCUT2D eigenvalue weighted by molar-refractivity contribution is 5.99. The zero-order chi connectivity index (χ0) is 14.3. The molecule has 19 heavy (non-hydrogen) atoms. The van der Waals surface area contributed by atoms with Crippen LogP contribution in [0.1, 0.15) is 36.5 Å². The highest BCUT2D eigenvalue weighted by Gasteiger charge is 2.19. The summed E-state index contributed by atoms with van der Waals surface area (Å²) in [5, 5.41) is 8.70. The maximum Gasteiger partial charge on any atom is 0.179 e. The maximum atomic E-state index is 12.8. The summed E-state index contributed by atoms with van der Waals surface area (Å²) in [6.45, 7) is 2.89. The van der Waals surface area contributed by atoms with Crippen LogP contribution >= 0.6 is 0 Å². The molecule has 106 valence electrons. The summed E-state index contributed by atoms with van der Waals surface area (Å²) in [7, 11) is 1.91. The number of hydrogen-bond donors (Lipinski definition) is 1. The van der Waals surface area contributed by atoms with E-state index in [1.807, 2.05) is 18.9 Å². The molecule has 1 N–H and O–H groups in total. The van der Waals surface area contributed by atoms with Crippen molar-refractivity contribution in [3.8, 4) is 0 Å². The van der Waals surface area contributed by atoms with Crippen molar-refractivity contribution in [2.75, 3.05) is 20.2 Å². The summed E-state index contributed by atoms with van der Waals surface area (Å²) in [6, 6.07) is 5.43. The van der Waals surface area contributed by atoms with E-state index in [9.17, 15) is 9.18 Å². The van der Waals surface area contributed by atoms with E-state index in [1.54, 1.807) is 0 Å². The molecular formula is C15H22FNO2. The lowest BCUT2D eigenvalue weighted by atomic mass is 10.0. The molecule has 0 aromatic heterocycles. The molecule has 1 rings (SSSR count). The Morgan fingerprint density at radius 3 is 2.47 bits per heavy atom. The Balaban J connectivity index is 2.49. The smallest absolute Gasteiger partial charge is 0.179 e. The van der Waals surface area contributed by atoms with E-state index in [0.29, 0.717) is 5.56 Å². The van der Waals surface area contributed by atoms with Crippen LogP contribution in [-0.4, -0.2) is 42.0 Å². The molecule has 1 aromatic rings. The number of carbonyl (C=O) groups is 1. The Morgan fingerprint density at radius 1 is 1.26 bits per heavy atom. The number of benzene rings is 1. The molecule has 1 aromatic carbocycles. The number of halogens is 1. The van der Waals surface area contributed by atoms with Crippen LogP contribution in [0.2, 0.25) is 0 Å². The predicted octanol–water partition coefficient (Wildman–Crippen LogP) is 2.49.